The Morgan fingerprint density at radius 2 is 1.28 bits per heavy atom. The van der Waals surface area contributed by atoms with Gasteiger partial charge in [0.15, 0.2) is 6.29 Å². The van der Waals surface area contributed by atoms with Gasteiger partial charge < -0.3 is 40.3 Å². The molecule has 0 spiro atoms. The summed E-state index contributed by atoms with van der Waals surface area (Å²) in [5.41, 5.74) is 0. The molecule has 1 rings (SSSR count). The zero-order chi connectivity index (χ0) is 37.2. The van der Waals surface area contributed by atoms with Crippen LogP contribution in [0.5, 0.6) is 0 Å². The monoisotopic (exact) mass is 739 g/mol. The van der Waals surface area contributed by atoms with Gasteiger partial charge in [0.05, 0.1) is 25.4 Å². The lowest BCUT2D eigenvalue weighted by molar-refractivity contribution is -0.298. The first-order valence-corrected chi connectivity index (χ1v) is 20.5. The van der Waals surface area contributed by atoms with Gasteiger partial charge in [0.2, 0.25) is 5.91 Å². The Balaban J connectivity index is 2.42. The maximum absolute atomic E-state index is 12.9. The van der Waals surface area contributed by atoms with E-state index in [0.717, 1.165) is 51.4 Å². The van der Waals surface area contributed by atoms with E-state index in [-0.39, 0.29) is 6.42 Å². The molecule has 1 saturated heterocycles. The van der Waals surface area contributed by atoms with Crippen LogP contribution in [-0.2, 0) is 28.9 Å². The van der Waals surface area contributed by atoms with Gasteiger partial charge in [0.25, 0.3) is 0 Å². The lowest BCUT2D eigenvalue weighted by atomic mass is 9.99. The van der Waals surface area contributed by atoms with Crippen LogP contribution in [0.3, 0.4) is 0 Å². The third kappa shape index (κ3) is 21.4. The normalized spacial score (nSPS) is 23.2. The van der Waals surface area contributed by atoms with Crippen molar-refractivity contribution in [2.75, 3.05) is 13.2 Å². The van der Waals surface area contributed by atoms with Crippen molar-refractivity contribution in [3.8, 4) is 0 Å². The van der Waals surface area contributed by atoms with Gasteiger partial charge in [-0.25, -0.2) is 4.18 Å². The van der Waals surface area contributed by atoms with Crippen LogP contribution in [0, 0.1) is 0 Å². The molecule has 0 aromatic heterocycles. The number of carbonyl (C=O) groups is 1. The lowest BCUT2D eigenvalue weighted by Gasteiger charge is -2.41. The molecule has 7 N–H and O–H groups in total. The molecule has 0 saturated carbocycles. The van der Waals surface area contributed by atoms with Crippen LogP contribution in [0.25, 0.3) is 0 Å². The van der Waals surface area contributed by atoms with Crippen molar-refractivity contribution in [3.63, 3.8) is 0 Å². The van der Waals surface area contributed by atoms with Gasteiger partial charge >= 0.3 is 10.4 Å². The van der Waals surface area contributed by atoms with Gasteiger partial charge in [-0.15, -0.1) is 0 Å². The summed E-state index contributed by atoms with van der Waals surface area (Å²) in [6.45, 7) is 3.04. The number of ether oxygens (including phenoxy) is 2. The lowest BCUT2D eigenvalue weighted by Crippen LogP contribution is -2.61. The molecular weight excluding hydrogens is 670 g/mol. The molecule has 1 heterocycles. The molecule has 13 nitrogen and oxygen atoms in total. The van der Waals surface area contributed by atoms with Crippen LogP contribution in [0.1, 0.15) is 149 Å². The standard InChI is InChI=1S/C36H69NO12S/c1-3-5-7-8-9-10-11-12-13-14-15-16-17-18-19-20-21-23-25-30(40)35(43)37-28(29(39)24-22-6-4-2)27-47-36-33(42)34(49-50(44,45)46)32(41)31(26-38)48-36/h14-15,28-34,36,38-42H,3-13,16-27H2,1-2H3,(H,37,43)(H,44,45,46)/b15-14-. The average Bonchev–Trinajstić information content (AvgIpc) is 3.08. The van der Waals surface area contributed by atoms with Crippen LogP contribution in [0.4, 0.5) is 0 Å². The molecule has 1 fully saturated rings. The third-order valence-corrected chi connectivity index (χ3v) is 9.65. The molecule has 1 aliphatic rings. The van der Waals surface area contributed by atoms with E-state index in [9.17, 15) is 38.7 Å². The molecule has 1 amide bonds. The summed E-state index contributed by atoms with van der Waals surface area (Å²) in [7, 11) is -5.09. The largest absolute Gasteiger partial charge is 0.397 e. The number of amides is 1. The molecule has 296 valence electrons. The van der Waals surface area contributed by atoms with E-state index in [4.69, 9.17) is 14.0 Å². The van der Waals surface area contributed by atoms with Crippen molar-refractivity contribution < 1.29 is 57.0 Å². The van der Waals surface area contributed by atoms with Gasteiger partial charge in [0.1, 0.15) is 30.5 Å². The Hall–Kier alpha value is -1.20. The van der Waals surface area contributed by atoms with E-state index in [1.165, 1.54) is 57.8 Å². The molecule has 50 heavy (non-hydrogen) atoms. The summed E-state index contributed by atoms with van der Waals surface area (Å²) < 4.78 is 46.9. The second kappa shape index (κ2) is 28.3. The van der Waals surface area contributed by atoms with Crippen LogP contribution in [0.2, 0.25) is 0 Å². The fourth-order valence-electron chi connectivity index (χ4n) is 6.05. The van der Waals surface area contributed by atoms with Gasteiger partial charge in [-0.1, -0.05) is 122 Å². The Labute approximate surface area is 301 Å². The second-order valence-electron chi connectivity index (χ2n) is 13.7. The Morgan fingerprint density at radius 1 is 0.780 bits per heavy atom. The van der Waals surface area contributed by atoms with Gasteiger partial charge in [-0.2, -0.15) is 8.42 Å². The minimum absolute atomic E-state index is 0.252. The summed E-state index contributed by atoms with van der Waals surface area (Å²) in [6, 6.07) is -1.03. The van der Waals surface area contributed by atoms with E-state index in [1.807, 2.05) is 6.92 Å². The first kappa shape index (κ1) is 46.8. The number of unbranched alkanes of at least 4 members (excludes halogenated alkanes) is 16. The molecule has 8 atom stereocenters. The number of aliphatic hydroxyl groups is 5. The number of rotatable bonds is 31. The molecule has 0 aromatic carbocycles. The molecular formula is C36H69NO12S. The molecule has 1 aliphatic heterocycles. The number of aliphatic hydroxyl groups excluding tert-OH is 5. The fourth-order valence-corrected chi connectivity index (χ4v) is 6.55. The van der Waals surface area contributed by atoms with Crippen LogP contribution >= 0.6 is 0 Å². The van der Waals surface area contributed by atoms with Gasteiger partial charge in [-0.05, 0) is 38.5 Å². The highest BCUT2D eigenvalue weighted by Gasteiger charge is 2.48. The van der Waals surface area contributed by atoms with Crippen molar-refractivity contribution in [1.29, 1.82) is 0 Å². The molecule has 0 aliphatic carbocycles. The molecule has 0 aromatic rings. The zero-order valence-corrected chi connectivity index (χ0v) is 31.4. The quantitative estimate of drug-likeness (QED) is 0.0295. The summed E-state index contributed by atoms with van der Waals surface area (Å²) in [6.07, 6.45) is 15.4. The van der Waals surface area contributed by atoms with E-state index in [1.54, 1.807) is 0 Å². The SMILES string of the molecule is CCCCCCCCCC/C=C\CCCCCCCCC(O)C(=O)NC(COC1OC(CO)C(O)C(OS(=O)(=O)O)C1O)C(O)CCCCC. The first-order valence-electron chi connectivity index (χ1n) is 19.2. The number of allylic oxidation sites excluding steroid dienone is 2. The predicted molar refractivity (Wildman–Crippen MR) is 192 cm³/mol. The summed E-state index contributed by atoms with van der Waals surface area (Å²) in [5, 5.41) is 54.4. The van der Waals surface area contributed by atoms with Crippen molar-refractivity contribution in [1.82, 2.24) is 5.32 Å². The maximum atomic E-state index is 12.9. The number of nitrogens with one attached hydrogen (secondary N) is 1. The number of carbonyl (C=O) groups excluding carboxylic acids is 1. The highest BCUT2D eigenvalue weighted by Crippen LogP contribution is 2.26. The summed E-state index contributed by atoms with van der Waals surface area (Å²) in [4.78, 5) is 12.9. The van der Waals surface area contributed by atoms with Crippen molar-refractivity contribution in [3.05, 3.63) is 12.2 Å². The molecule has 8 unspecified atom stereocenters. The minimum atomic E-state index is -5.09. The fraction of sp³-hybridized carbons (Fsp3) is 0.917. The van der Waals surface area contributed by atoms with E-state index in [2.05, 4.69) is 28.6 Å². The van der Waals surface area contributed by atoms with E-state index < -0.39 is 78.5 Å². The topological polar surface area (TPSA) is 212 Å². The third-order valence-electron chi connectivity index (χ3n) is 9.18. The van der Waals surface area contributed by atoms with E-state index >= 15 is 0 Å². The Bertz CT molecular complexity index is 984. The van der Waals surface area contributed by atoms with Gasteiger partial charge in [0, 0.05) is 0 Å². The van der Waals surface area contributed by atoms with Gasteiger partial charge in [-0.3, -0.25) is 9.35 Å². The smallest absolute Gasteiger partial charge is 0.394 e. The van der Waals surface area contributed by atoms with Crippen LogP contribution in [0.15, 0.2) is 12.2 Å². The minimum Gasteiger partial charge on any atom is -0.394 e. The van der Waals surface area contributed by atoms with Crippen molar-refractivity contribution >= 4 is 16.3 Å². The Kier molecular flexibility index (Phi) is 26.5. The zero-order valence-electron chi connectivity index (χ0n) is 30.6. The van der Waals surface area contributed by atoms with E-state index in [0.29, 0.717) is 19.3 Å². The first-order chi connectivity index (χ1) is 23.9. The molecule has 14 heteroatoms. The highest BCUT2D eigenvalue weighted by molar-refractivity contribution is 7.80. The average molecular weight is 740 g/mol. The summed E-state index contributed by atoms with van der Waals surface area (Å²) >= 11 is 0. The van der Waals surface area contributed by atoms with Crippen LogP contribution in [-0.4, -0.2) is 107 Å². The van der Waals surface area contributed by atoms with Crippen molar-refractivity contribution in [2.45, 2.75) is 198 Å². The summed E-state index contributed by atoms with van der Waals surface area (Å²) in [5.74, 6) is -0.687. The predicted octanol–water partition coefficient (Wildman–Crippen LogP) is 4.62. The molecule has 0 radical (unpaired) electrons. The van der Waals surface area contributed by atoms with Crippen LogP contribution < -0.4 is 5.32 Å². The number of hydrogen-bond donors (Lipinski definition) is 7. The second-order valence-corrected chi connectivity index (χ2v) is 14.7. The van der Waals surface area contributed by atoms with Crippen molar-refractivity contribution in [2.24, 2.45) is 0 Å². The number of hydrogen-bond acceptors (Lipinski definition) is 11. The molecule has 0 bridgehead atoms. The maximum Gasteiger partial charge on any atom is 0.397 e. The highest BCUT2D eigenvalue weighted by atomic mass is 32.3. The Morgan fingerprint density at radius 3 is 1.82 bits per heavy atom.